The van der Waals surface area contributed by atoms with E-state index in [-0.39, 0.29) is 22.9 Å². The van der Waals surface area contributed by atoms with Crippen molar-refractivity contribution in [3.05, 3.63) is 0 Å². The fraction of sp³-hybridized carbons (Fsp3) is 0.950. The quantitative estimate of drug-likeness (QED) is 0.698. The molecule has 0 aromatic rings. The van der Waals surface area contributed by atoms with E-state index in [1.54, 1.807) is 0 Å². The number of likely N-dealkylation sites (N-methyl/N-ethyl adjacent to an activating group) is 1. The molecule has 4 heteroatoms. The molecule has 1 heterocycles. The van der Waals surface area contributed by atoms with Crippen LogP contribution in [0.4, 0.5) is 0 Å². The number of hydrogen-bond acceptors (Lipinski definition) is 4. The summed E-state index contributed by atoms with van der Waals surface area (Å²) >= 11 is 0. The van der Waals surface area contributed by atoms with Gasteiger partial charge in [0.1, 0.15) is 6.10 Å². The summed E-state index contributed by atoms with van der Waals surface area (Å²) in [5.41, 5.74) is 0.374. The van der Waals surface area contributed by atoms with Crippen LogP contribution in [0.2, 0.25) is 0 Å². The van der Waals surface area contributed by atoms with Gasteiger partial charge in [0, 0.05) is 43.4 Å². The Morgan fingerprint density at radius 2 is 1.79 bits per heavy atom. The average Bonchev–Trinajstić information content (AvgIpc) is 3.03. The lowest BCUT2D eigenvalue weighted by molar-refractivity contribution is -0.164. The lowest BCUT2D eigenvalue weighted by Gasteiger charge is -2.41. The van der Waals surface area contributed by atoms with Crippen LogP contribution in [0, 0.1) is 16.7 Å². The van der Waals surface area contributed by atoms with Crippen molar-refractivity contribution < 1.29 is 9.53 Å². The summed E-state index contributed by atoms with van der Waals surface area (Å²) in [4.78, 5) is 17.4. The second-order valence-electron chi connectivity index (χ2n) is 9.16. The number of carbonyl (C=O) groups is 1. The van der Waals surface area contributed by atoms with Crippen LogP contribution >= 0.6 is 0 Å². The highest BCUT2D eigenvalue weighted by Gasteiger charge is 2.61. The molecule has 3 atom stereocenters. The Kier molecular flexibility index (Phi) is 5.27. The second kappa shape index (κ2) is 6.95. The summed E-state index contributed by atoms with van der Waals surface area (Å²) in [5, 5.41) is 0. The zero-order valence-electron chi connectivity index (χ0n) is 16.1. The molecule has 24 heavy (non-hydrogen) atoms. The molecular formula is C20H36N2O2. The van der Waals surface area contributed by atoms with Crippen molar-refractivity contribution in [2.24, 2.45) is 16.7 Å². The Morgan fingerprint density at radius 1 is 1.12 bits per heavy atom. The van der Waals surface area contributed by atoms with Crippen molar-refractivity contribution in [2.75, 3.05) is 39.3 Å². The Labute approximate surface area is 147 Å². The van der Waals surface area contributed by atoms with Gasteiger partial charge in [0.25, 0.3) is 0 Å². The maximum Gasteiger partial charge on any atom is 0.306 e. The minimum atomic E-state index is 0.0223. The van der Waals surface area contributed by atoms with Gasteiger partial charge in [-0.2, -0.15) is 0 Å². The summed E-state index contributed by atoms with van der Waals surface area (Å²) in [6, 6.07) is 0. The van der Waals surface area contributed by atoms with Crippen molar-refractivity contribution in [2.45, 2.75) is 65.9 Å². The van der Waals surface area contributed by atoms with Gasteiger partial charge in [0.2, 0.25) is 0 Å². The maximum atomic E-state index is 12.4. The molecule has 3 aliphatic rings. The summed E-state index contributed by atoms with van der Waals surface area (Å²) < 4.78 is 6.02. The number of hydrogen-bond donors (Lipinski definition) is 0. The van der Waals surface area contributed by atoms with Gasteiger partial charge in [-0.3, -0.25) is 4.79 Å². The van der Waals surface area contributed by atoms with Gasteiger partial charge in [-0.05, 0) is 44.7 Å². The smallest absolute Gasteiger partial charge is 0.306 e. The van der Waals surface area contributed by atoms with Gasteiger partial charge in [-0.15, -0.1) is 0 Å². The van der Waals surface area contributed by atoms with Crippen LogP contribution in [-0.4, -0.2) is 61.1 Å². The number of carbonyl (C=O) groups excluding carboxylic acids is 1. The number of ether oxygens (including phenoxy) is 1. The molecule has 0 unspecified atom stereocenters. The van der Waals surface area contributed by atoms with E-state index in [2.05, 4.69) is 37.5 Å². The molecule has 0 aromatic heterocycles. The molecule has 0 radical (unpaired) electrons. The van der Waals surface area contributed by atoms with Gasteiger partial charge in [-0.25, -0.2) is 0 Å². The molecule has 0 aromatic carbocycles. The standard InChI is InChI=1S/C20H36N2O2/c1-5-21-11-13-22(14-12-21)10-6-7-17(23)24-18-19(2,3)16-8-9-20(18,4)15-16/h16,18H,5-15H2,1-4H3/t16-,18-,20+/m0/s1. The third-order valence-electron chi connectivity index (χ3n) is 7.15. The molecule has 1 saturated heterocycles. The highest BCUT2D eigenvalue weighted by Crippen LogP contribution is 2.63. The van der Waals surface area contributed by atoms with E-state index in [4.69, 9.17) is 4.74 Å². The largest absolute Gasteiger partial charge is 0.461 e. The van der Waals surface area contributed by atoms with Crippen molar-refractivity contribution in [3.8, 4) is 0 Å². The van der Waals surface area contributed by atoms with Gasteiger partial charge in [0.05, 0.1) is 0 Å². The van der Waals surface area contributed by atoms with E-state index in [0.717, 1.165) is 51.6 Å². The van der Waals surface area contributed by atoms with Crippen LogP contribution in [0.1, 0.15) is 59.8 Å². The fourth-order valence-electron chi connectivity index (χ4n) is 5.52. The number of nitrogens with zero attached hydrogens (tertiary/aromatic N) is 2. The molecule has 0 spiro atoms. The molecule has 0 N–H and O–H groups in total. The van der Waals surface area contributed by atoms with E-state index in [1.807, 2.05) is 0 Å². The highest BCUT2D eigenvalue weighted by molar-refractivity contribution is 5.69. The first-order chi connectivity index (χ1) is 11.3. The molecule has 0 amide bonds. The van der Waals surface area contributed by atoms with Crippen LogP contribution in [0.5, 0.6) is 0 Å². The topological polar surface area (TPSA) is 32.8 Å². The second-order valence-corrected chi connectivity index (χ2v) is 9.16. The van der Waals surface area contributed by atoms with Crippen LogP contribution < -0.4 is 0 Å². The Balaban J connectivity index is 1.40. The minimum absolute atomic E-state index is 0.0223. The first-order valence-electron chi connectivity index (χ1n) is 9.99. The predicted molar refractivity (Wildman–Crippen MR) is 96.9 cm³/mol. The SMILES string of the molecule is CCN1CCN(CCCC(=O)O[C@H]2C(C)(C)[C@H]3CC[C@]2(C)C3)CC1. The summed E-state index contributed by atoms with van der Waals surface area (Å²) in [7, 11) is 0. The lowest BCUT2D eigenvalue weighted by Crippen LogP contribution is -2.46. The first-order valence-corrected chi connectivity index (χ1v) is 9.99. The molecule has 138 valence electrons. The van der Waals surface area contributed by atoms with Gasteiger partial charge >= 0.3 is 5.97 Å². The van der Waals surface area contributed by atoms with E-state index in [0.29, 0.717) is 6.42 Å². The van der Waals surface area contributed by atoms with Crippen molar-refractivity contribution >= 4 is 5.97 Å². The zero-order chi connectivity index (χ0) is 17.4. The summed E-state index contributed by atoms with van der Waals surface area (Å²) in [6.07, 6.45) is 5.38. The van der Waals surface area contributed by atoms with E-state index in [9.17, 15) is 4.79 Å². The zero-order valence-corrected chi connectivity index (χ0v) is 16.1. The maximum absolute atomic E-state index is 12.4. The normalized spacial score (nSPS) is 36.2. The third-order valence-corrected chi connectivity index (χ3v) is 7.15. The molecule has 2 bridgehead atoms. The van der Waals surface area contributed by atoms with Gasteiger partial charge < -0.3 is 14.5 Å². The van der Waals surface area contributed by atoms with Gasteiger partial charge in [-0.1, -0.05) is 27.7 Å². The summed E-state index contributed by atoms with van der Waals surface area (Å²) in [5.74, 6) is 0.754. The van der Waals surface area contributed by atoms with Crippen molar-refractivity contribution in [1.82, 2.24) is 9.80 Å². The number of piperazine rings is 1. The molecule has 2 saturated carbocycles. The Hall–Kier alpha value is -0.610. The third kappa shape index (κ3) is 3.50. The molecule has 4 nitrogen and oxygen atoms in total. The summed E-state index contributed by atoms with van der Waals surface area (Å²) in [6.45, 7) is 15.9. The van der Waals surface area contributed by atoms with E-state index >= 15 is 0 Å². The van der Waals surface area contributed by atoms with Crippen LogP contribution in [0.15, 0.2) is 0 Å². The predicted octanol–water partition coefficient (Wildman–Crippen LogP) is 3.16. The number of esters is 1. The van der Waals surface area contributed by atoms with Crippen molar-refractivity contribution in [3.63, 3.8) is 0 Å². The lowest BCUT2D eigenvalue weighted by atomic mass is 9.70. The highest BCUT2D eigenvalue weighted by atomic mass is 16.5. The van der Waals surface area contributed by atoms with E-state index in [1.165, 1.54) is 19.3 Å². The van der Waals surface area contributed by atoms with Crippen LogP contribution in [-0.2, 0) is 9.53 Å². The van der Waals surface area contributed by atoms with Crippen LogP contribution in [0.25, 0.3) is 0 Å². The monoisotopic (exact) mass is 336 g/mol. The molecule has 2 aliphatic carbocycles. The molecular weight excluding hydrogens is 300 g/mol. The molecule has 3 fully saturated rings. The first kappa shape index (κ1) is 18.2. The number of fused-ring (bicyclic) bond motifs is 2. The average molecular weight is 337 g/mol. The Morgan fingerprint density at radius 3 is 2.38 bits per heavy atom. The Bertz CT molecular complexity index is 452. The molecule has 3 rings (SSSR count). The van der Waals surface area contributed by atoms with E-state index < -0.39 is 0 Å². The van der Waals surface area contributed by atoms with Crippen LogP contribution in [0.3, 0.4) is 0 Å². The molecule has 1 aliphatic heterocycles. The van der Waals surface area contributed by atoms with Crippen molar-refractivity contribution in [1.29, 1.82) is 0 Å². The van der Waals surface area contributed by atoms with Gasteiger partial charge in [0.15, 0.2) is 0 Å². The minimum Gasteiger partial charge on any atom is -0.461 e. The fourth-order valence-corrected chi connectivity index (χ4v) is 5.52. The number of rotatable bonds is 6.